The van der Waals surface area contributed by atoms with Crippen molar-refractivity contribution in [3.63, 3.8) is 0 Å². The Kier molecular flexibility index (Phi) is 3.98. The van der Waals surface area contributed by atoms with Crippen molar-refractivity contribution in [1.82, 2.24) is 4.90 Å². The number of rotatable bonds is 3. The quantitative estimate of drug-likeness (QED) is 0.671. The molecule has 2 N–H and O–H groups in total. The number of likely N-dealkylation sites (tertiary alicyclic amines) is 1. The van der Waals surface area contributed by atoms with E-state index in [9.17, 15) is 0 Å². The van der Waals surface area contributed by atoms with Gasteiger partial charge in [-0.3, -0.25) is 4.90 Å². The van der Waals surface area contributed by atoms with Gasteiger partial charge in [0.15, 0.2) is 0 Å². The molecular weight excluding hydrogens is 152 g/mol. The molecular formula is C9H20N2O. The molecule has 72 valence electrons. The normalized spacial score (nSPS) is 28.8. The fourth-order valence-electron chi connectivity index (χ4n) is 1.79. The van der Waals surface area contributed by atoms with E-state index in [1.807, 2.05) is 0 Å². The SMILES string of the molecule is COCC(C)N1CCC[C@@H](N)C1. The second-order valence-electron chi connectivity index (χ2n) is 3.70. The lowest BCUT2D eigenvalue weighted by Crippen LogP contribution is -2.48. The molecule has 3 heteroatoms. The lowest BCUT2D eigenvalue weighted by Gasteiger charge is -2.34. The molecule has 0 aromatic carbocycles. The van der Waals surface area contributed by atoms with E-state index < -0.39 is 0 Å². The van der Waals surface area contributed by atoms with Gasteiger partial charge < -0.3 is 10.5 Å². The Balaban J connectivity index is 2.29. The van der Waals surface area contributed by atoms with Crippen molar-refractivity contribution < 1.29 is 4.74 Å². The Bertz CT molecular complexity index is 130. The minimum atomic E-state index is 0.373. The van der Waals surface area contributed by atoms with Crippen LogP contribution < -0.4 is 5.73 Å². The zero-order valence-corrected chi connectivity index (χ0v) is 8.12. The van der Waals surface area contributed by atoms with Gasteiger partial charge in [0.1, 0.15) is 0 Å². The molecule has 0 aliphatic carbocycles. The largest absolute Gasteiger partial charge is 0.383 e. The topological polar surface area (TPSA) is 38.5 Å². The van der Waals surface area contributed by atoms with E-state index in [-0.39, 0.29) is 0 Å². The molecule has 0 bridgehead atoms. The first kappa shape index (κ1) is 9.96. The Labute approximate surface area is 74.9 Å². The summed E-state index contributed by atoms with van der Waals surface area (Å²) in [5, 5.41) is 0. The summed E-state index contributed by atoms with van der Waals surface area (Å²) in [6, 6.07) is 0.888. The summed E-state index contributed by atoms with van der Waals surface area (Å²) in [6.45, 7) is 5.22. The number of hydrogen-bond acceptors (Lipinski definition) is 3. The molecule has 0 aromatic rings. The average Bonchev–Trinajstić information content (AvgIpc) is 2.05. The zero-order valence-electron chi connectivity index (χ0n) is 8.12. The van der Waals surface area contributed by atoms with Crippen LogP contribution in [0, 0.1) is 0 Å². The van der Waals surface area contributed by atoms with Crippen LogP contribution in [-0.2, 0) is 4.74 Å². The zero-order chi connectivity index (χ0) is 8.97. The van der Waals surface area contributed by atoms with E-state index >= 15 is 0 Å². The third-order valence-corrected chi connectivity index (χ3v) is 2.52. The molecule has 3 nitrogen and oxygen atoms in total. The average molecular weight is 172 g/mol. The second-order valence-corrected chi connectivity index (χ2v) is 3.70. The molecule has 2 atom stereocenters. The van der Waals surface area contributed by atoms with Crippen LogP contribution in [0.4, 0.5) is 0 Å². The highest BCUT2D eigenvalue weighted by atomic mass is 16.5. The van der Waals surface area contributed by atoms with Gasteiger partial charge >= 0.3 is 0 Å². The van der Waals surface area contributed by atoms with Gasteiger partial charge in [0.05, 0.1) is 6.61 Å². The minimum Gasteiger partial charge on any atom is -0.383 e. The lowest BCUT2D eigenvalue weighted by molar-refractivity contribution is 0.0807. The van der Waals surface area contributed by atoms with E-state index in [1.165, 1.54) is 19.4 Å². The van der Waals surface area contributed by atoms with Gasteiger partial charge in [-0.25, -0.2) is 0 Å². The Morgan fingerprint density at radius 1 is 1.67 bits per heavy atom. The highest BCUT2D eigenvalue weighted by molar-refractivity contribution is 4.78. The van der Waals surface area contributed by atoms with Gasteiger partial charge in [0.2, 0.25) is 0 Å². The molecule has 0 aromatic heterocycles. The Morgan fingerprint density at radius 2 is 2.42 bits per heavy atom. The van der Waals surface area contributed by atoms with E-state index in [1.54, 1.807) is 7.11 Å². The van der Waals surface area contributed by atoms with Crippen LogP contribution in [-0.4, -0.2) is 43.8 Å². The smallest absolute Gasteiger partial charge is 0.0615 e. The molecule has 1 saturated heterocycles. The lowest BCUT2D eigenvalue weighted by atomic mass is 10.1. The van der Waals surface area contributed by atoms with Crippen molar-refractivity contribution >= 4 is 0 Å². The maximum Gasteiger partial charge on any atom is 0.0615 e. The summed E-state index contributed by atoms with van der Waals surface area (Å²) in [4.78, 5) is 2.41. The van der Waals surface area contributed by atoms with Crippen molar-refractivity contribution in [2.75, 3.05) is 26.8 Å². The summed E-state index contributed by atoms with van der Waals surface area (Å²) in [7, 11) is 1.75. The first-order chi connectivity index (χ1) is 5.74. The fraction of sp³-hybridized carbons (Fsp3) is 1.00. The number of methoxy groups -OCH3 is 1. The van der Waals surface area contributed by atoms with E-state index in [0.29, 0.717) is 12.1 Å². The standard InChI is InChI=1S/C9H20N2O/c1-8(7-12-2)11-5-3-4-9(10)6-11/h8-9H,3-7,10H2,1-2H3/t8?,9-/m1/s1. The predicted octanol–water partition coefficient (Wildman–Crippen LogP) is 0.444. The monoisotopic (exact) mass is 172 g/mol. The summed E-state index contributed by atoms with van der Waals surface area (Å²) in [5.74, 6) is 0. The molecule has 1 aliphatic heterocycles. The van der Waals surface area contributed by atoms with Gasteiger partial charge in [0, 0.05) is 25.7 Å². The van der Waals surface area contributed by atoms with Crippen molar-refractivity contribution in [2.24, 2.45) is 5.73 Å². The van der Waals surface area contributed by atoms with Crippen LogP contribution >= 0.6 is 0 Å². The van der Waals surface area contributed by atoms with Crippen molar-refractivity contribution in [3.8, 4) is 0 Å². The molecule has 1 rings (SSSR count). The number of ether oxygens (including phenoxy) is 1. The van der Waals surface area contributed by atoms with E-state index in [4.69, 9.17) is 10.5 Å². The molecule has 1 unspecified atom stereocenters. The van der Waals surface area contributed by atoms with Crippen molar-refractivity contribution in [2.45, 2.75) is 31.8 Å². The fourth-order valence-corrected chi connectivity index (χ4v) is 1.79. The summed E-state index contributed by atoms with van der Waals surface area (Å²) in [6.07, 6.45) is 2.41. The van der Waals surface area contributed by atoms with E-state index in [0.717, 1.165) is 13.2 Å². The van der Waals surface area contributed by atoms with Crippen molar-refractivity contribution in [3.05, 3.63) is 0 Å². The Hall–Kier alpha value is -0.120. The van der Waals surface area contributed by atoms with Crippen LogP contribution in [0.2, 0.25) is 0 Å². The van der Waals surface area contributed by atoms with Gasteiger partial charge in [-0.1, -0.05) is 0 Å². The highest BCUT2D eigenvalue weighted by Crippen LogP contribution is 2.11. The highest BCUT2D eigenvalue weighted by Gasteiger charge is 2.20. The summed E-state index contributed by atoms with van der Waals surface area (Å²) >= 11 is 0. The molecule has 0 amide bonds. The van der Waals surface area contributed by atoms with Crippen LogP contribution in [0.5, 0.6) is 0 Å². The predicted molar refractivity (Wildman–Crippen MR) is 50.1 cm³/mol. The van der Waals surface area contributed by atoms with Crippen LogP contribution in [0.3, 0.4) is 0 Å². The van der Waals surface area contributed by atoms with Gasteiger partial charge in [-0.05, 0) is 26.3 Å². The molecule has 1 fully saturated rings. The van der Waals surface area contributed by atoms with Crippen LogP contribution in [0.25, 0.3) is 0 Å². The third kappa shape index (κ3) is 2.73. The number of nitrogens with zero attached hydrogens (tertiary/aromatic N) is 1. The molecule has 0 radical (unpaired) electrons. The minimum absolute atomic E-state index is 0.373. The number of nitrogens with two attached hydrogens (primary N) is 1. The summed E-state index contributed by atoms with van der Waals surface area (Å²) in [5.41, 5.74) is 5.88. The van der Waals surface area contributed by atoms with Crippen molar-refractivity contribution in [1.29, 1.82) is 0 Å². The molecule has 0 spiro atoms. The molecule has 1 heterocycles. The van der Waals surface area contributed by atoms with Crippen LogP contribution in [0.1, 0.15) is 19.8 Å². The first-order valence-electron chi connectivity index (χ1n) is 4.72. The Morgan fingerprint density at radius 3 is 3.00 bits per heavy atom. The number of piperidine rings is 1. The van der Waals surface area contributed by atoms with E-state index in [2.05, 4.69) is 11.8 Å². The third-order valence-electron chi connectivity index (χ3n) is 2.52. The molecule has 1 aliphatic rings. The maximum absolute atomic E-state index is 5.88. The first-order valence-corrected chi connectivity index (χ1v) is 4.72. The van der Waals surface area contributed by atoms with Gasteiger partial charge in [0.25, 0.3) is 0 Å². The summed E-state index contributed by atoms with van der Waals surface area (Å²) < 4.78 is 5.11. The van der Waals surface area contributed by atoms with Gasteiger partial charge in [-0.15, -0.1) is 0 Å². The molecule has 0 saturated carbocycles. The molecule has 12 heavy (non-hydrogen) atoms. The maximum atomic E-state index is 5.88. The number of hydrogen-bond donors (Lipinski definition) is 1. The van der Waals surface area contributed by atoms with Crippen LogP contribution in [0.15, 0.2) is 0 Å². The van der Waals surface area contributed by atoms with Gasteiger partial charge in [-0.2, -0.15) is 0 Å². The second kappa shape index (κ2) is 4.80.